The van der Waals surface area contributed by atoms with E-state index in [1.54, 1.807) is 42.2 Å². The highest BCUT2D eigenvalue weighted by Gasteiger charge is 2.36. The summed E-state index contributed by atoms with van der Waals surface area (Å²) < 4.78 is 30.3. The van der Waals surface area contributed by atoms with Crippen LogP contribution < -0.4 is 4.74 Å². The SMILES string of the molecule is Cc1cc(OC(C)C(=O)N(Cc2ccc(-c3ccc(Cl)cc3Cl)cc2)C2CCS(=O)(=O)C2)ccc1Cl. The van der Waals surface area contributed by atoms with Crippen LogP contribution in [0.5, 0.6) is 5.75 Å². The lowest BCUT2D eigenvalue weighted by atomic mass is 10.0. The number of benzene rings is 3. The maximum absolute atomic E-state index is 13.5. The number of nitrogens with zero attached hydrogens (tertiary/aromatic N) is 1. The molecule has 9 heteroatoms. The molecule has 1 fully saturated rings. The first-order chi connectivity index (χ1) is 17.0. The highest BCUT2D eigenvalue weighted by Crippen LogP contribution is 2.31. The summed E-state index contributed by atoms with van der Waals surface area (Å²) in [5, 5.41) is 1.72. The first kappa shape index (κ1) is 26.8. The van der Waals surface area contributed by atoms with Gasteiger partial charge in [0.05, 0.1) is 11.5 Å². The Hall–Kier alpha value is -2.25. The van der Waals surface area contributed by atoms with Crippen LogP contribution in [-0.4, -0.2) is 42.9 Å². The van der Waals surface area contributed by atoms with Crippen molar-refractivity contribution in [2.75, 3.05) is 11.5 Å². The molecule has 0 N–H and O–H groups in total. The van der Waals surface area contributed by atoms with Gasteiger partial charge in [-0.3, -0.25) is 4.79 Å². The number of amides is 1. The lowest BCUT2D eigenvalue weighted by molar-refractivity contribution is -0.140. The fraction of sp³-hybridized carbons (Fsp3) is 0.296. The van der Waals surface area contributed by atoms with Gasteiger partial charge in [-0.1, -0.05) is 65.1 Å². The van der Waals surface area contributed by atoms with Crippen LogP contribution in [0.15, 0.2) is 60.7 Å². The van der Waals surface area contributed by atoms with E-state index in [1.165, 1.54) is 0 Å². The predicted molar refractivity (Wildman–Crippen MR) is 146 cm³/mol. The van der Waals surface area contributed by atoms with Crippen LogP contribution in [0.25, 0.3) is 11.1 Å². The fourth-order valence-electron chi connectivity index (χ4n) is 4.30. The molecule has 36 heavy (non-hydrogen) atoms. The number of carbonyl (C=O) groups is 1. The third-order valence-corrected chi connectivity index (χ3v) is 8.99. The van der Waals surface area contributed by atoms with Crippen LogP contribution in [0.4, 0.5) is 0 Å². The second kappa shape index (κ2) is 11.0. The highest BCUT2D eigenvalue weighted by molar-refractivity contribution is 7.91. The van der Waals surface area contributed by atoms with Crippen molar-refractivity contribution < 1.29 is 17.9 Å². The van der Waals surface area contributed by atoms with E-state index < -0.39 is 22.0 Å². The molecular formula is C27H26Cl3NO4S. The standard InChI is InChI=1S/C27H26Cl3NO4S/c1-17-13-23(8-10-25(17)29)35-18(2)27(32)31(22-11-12-36(33,34)16-22)15-19-3-5-20(6-4-19)24-9-7-21(28)14-26(24)30/h3-10,13-14,18,22H,11-12,15-16H2,1-2H3. The average molecular weight is 567 g/mol. The molecular weight excluding hydrogens is 541 g/mol. The zero-order chi connectivity index (χ0) is 26.0. The Bertz CT molecular complexity index is 1380. The Kier molecular flexibility index (Phi) is 8.20. The third kappa shape index (κ3) is 6.35. The van der Waals surface area contributed by atoms with Gasteiger partial charge >= 0.3 is 0 Å². The Balaban J connectivity index is 1.55. The molecule has 3 aromatic carbocycles. The minimum absolute atomic E-state index is 0.0516. The van der Waals surface area contributed by atoms with Gasteiger partial charge in [-0.15, -0.1) is 0 Å². The Morgan fingerprint density at radius 3 is 2.36 bits per heavy atom. The molecule has 5 nitrogen and oxygen atoms in total. The number of halogens is 3. The van der Waals surface area contributed by atoms with Crippen molar-refractivity contribution in [3.63, 3.8) is 0 Å². The molecule has 0 radical (unpaired) electrons. The van der Waals surface area contributed by atoms with Crippen LogP contribution >= 0.6 is 34.8 Å². The van der Waals surface area contributed by atoms with E-state index in [9.17, 15) is 13.2 Å². The Labute approximate surface area is 226 Å². The van der Waals surface area contributed by atoms with Crippen molar-refractivity contribution in [3.8, 4) is 16.9 Å². The van der Waals surface area contributed by atoms with Gasteiger partial charge < -0.3 is 9.64 Å². The number of carbonyl (C=O) groups excluding carboxylic acids is 1. The second-order valence-electron chi connectivity index (χ2n) is 9.02. The summed E-state index contributed by atoms with van der Waals surface area (Å²) in [4.78, 5) is 15.1. The first-order valence-corrected chi connectivity index (χ1v) is 14.5. The number of ether oxygens (including phenoxy) is 1. The molecule has 190 valence electrons. The van der Waals surface area contributed by atoms with Crippen LogP contribution in [0, 0.1) is 6.92 Å². The maximum atomic E-state index is 13.5. The summed E-state index contributed by atoms with van der Waals surface area (Å²) >= 11 is 18.5. The summed E-state index contributed by atoms with van der Waals surface area (Å²) in [5.41, 5.74) is 3.48. The van der Waals surface area contributed by atoms with Gasteiger partial charge in [-0.25, -0.2) is 8.42 Å². The topological polar surface area (TPSA) is 63.7 Å². The van der Waals surface area contributed by atoms with Crippen molar-refractivity contribution in [1.29, 1.82) is 0 Å². The van der Waals surface area contributed by atoms with E-state index in [4.69, 9.17) is 39.5 Å². The van der Waals surface area contributed by atoms with Crippen molar-refractivity contribution >= 4 is 50.5 Å². The smallest absolute Gasteiger partial charge is 0.263 e. The molecule has 0 aromatic heterocycles. The van der Waals surface area contributed by atoms with Crippen molar-refractivity contribution in [2.24, 2.45) is 0 Å². The van der Waals surface area contributed by atoms with E-state index in [-0.39, 0.29) is 24.0 Å². The van der Waals surface area contributed by atoms with Crippen LogP contribution in [-0.2, 0) is 21.2 Å². The first-order valence-electron chi connectivity index (χ1n) is 11.5. The number of hydrogen-bond donors (Lipinski definition) is 0. The zero-order valence-corrected chi connectivity index (χ0v) is 23.0. The monoisotopic (exact) mass is 565 g/mol. The van der Waals surface area contributed by atoms with Gasteiger partial charge in [-0.2, -0.15) is 0 Å². The molecule has 4 rings (SSSR count). The fourth-order valence-corrected chi connectivity index (χ4v) is 6.66. The molecule has 1 amide bonds. The normalized spacial score (nSPS) is 17.5. The molecule has 0 bridgehead atoms. The molecule has 1 aliphatic rings. The minimum Gasteiger partial charge on any atom is -0.481 e. The quantitative estimate of drug-likeness (QED) is 0.323. The van der Waals surface area contributed by atoms with Gasteiger partial charge in [-0.05, 0) is 67.3 Å². The van der Waals surface area contributed by atoms with E-state index in [0.29, 0.717) is 27.2 Å². The third-order valence-electron chi connectivity index (χ3n) is 6.27. The number of aryl methyl sites for hydroxylation is 1. The van der Waals surface area contributed by atoms with Crippen LogP contribution in [0.3, 0.4) is 0 Å². The van der Waals surface area contributed by atoms with Gasteiger partial charge in [0.15, 0.2) is 15.9 Å². The molecule has 2 unspecified atom stereocenters. The molecule has 3 aromatic rings. The number of sulfone groups is 1. The summed E-state index contributed by atoms with van der Waals surface area (Å²) in [6.45, 7) is 3.80. The second-order valence-corrected chi connectivity index (χ2v) is 12.5. The molecule has 1 saturated heterocycles. The average Bonchev–Trinajstić information content (AvgIpc) is 3.19. The highest BCUT2D eigenvalue weighted by atomic mass is 35.5. The van der Waals surface area contributed by atoms with Crippen molar-refractivity contribution in [1.82, 2.24) is 4.90 Å². The summed E-state index contributed by atoms with van der Waals surface area (Å²) in [6, 6.07) is 17.8. The van der Waals surface area contributed by atoms with E-state index >= 15 is 0 Å². The van der Waals surface area contributed by atoms with E-state index in [1.807, 2.05) is 37.3 Å². The summed E-state index contributed by atoms with van der Waals surface area (Å²) in [5.74, 6) is 0.279. The summed E-state index contributed by atoms with van der Waals surface area (Å²) in [6.07, 6.45) is -0.403. The van der Waals surface area contributed by atoms with Gasteiger partial charge in [0, 0.05) is 33.2 Å². The number of rotatable bonds is 7. The zero-order valence-electron chi connectivity index (χ0n) is 19.9. The van der Waals surface area contributed by atoms with Gasteiger partial charge in [0.2, 0.25) is 0 Å². The van der Waals surface area contributed by atoms with Crippen molar-refractivity contribution in [2.45, 2.75) is 39.0 Å². The van der Waals surface area contributed by atoms with E-state index in [2.05, 4.69) is 0 Å². The largest absolute Gasteiger partial charge is 0.481 e. The van der Waals surface area contributed by atoms with Gasteiger partial charge in [0.1, 0.15) is 5.75 Å². The summed E-state index contributed by atoms with van der Waals surface area (Å²) in [7, 11) is -3.19. The van der Waals surface area contributed by atoms with Crippen LogP contribution in [0.2, 0.25) is 15.1 Å². The molecule has 0 aliphatic carbocycles. The molecule has 1 aliphatic heterocycles. The number of hydrogen-bond acceptors (Lipinski definition) is 4. The van der Waals surface area contributed by atoms with Gasteiger partial charge in [0.25, 0.3) is 5.91 Å². The molecule has 0 saturated carbocycles. The lowest BCUT2D eigenvalue weighted by Gasteiger charge is -2.31. The minimum atomic E-state index is -3.19. The van der Waals surface area contributed by atoms with Crippen molar-refractivity contribution in [3.05, 3.63) is 86.9 Å². The van der Waals surface area contributed by atoms with E-state index in [0.717, 1.165) is 22.3 Å². The molecule has 0 spiro atoms. The molecule has 1 heterocycles. The lowest BCUT2D eigenvalue weighted by Crippen LogP contribution is -2.46. The van der Waals surface area contributed by atoms with Crippen LogP contribution in [0.1, 0.15) is 24.5 Å². The Morgan fingerprint density at radius 2 is 1.75 bits per heavy atom. The maximum Gasteiger partial charge on any atom is 0.263 e. The predicted octanol–water partition coefficient (Wildman–Crippen LogP) is 6.61. The molecule has 2 atom stereocenters. The Morgan fingerprint density at radius 1 is 1.03 bits per heavy atom.